The Bertz CT molecular complexity index is 520. The molecule has 4 N–H and O–H groups in total. The molecule has 1 aromatic heterocycles. The molecule has 0 bridgehead atoms. The highest BCUT2D eigenvalue weighted by atomic mass is 19.1. The van der Waals surface area contributed by atoms with Gasteiger partial charge in [-0.3, -0.25) is 15.3 Å². The molecule has 0 radical (unpaired) electrons. The number of aliphatic hydroxyl groups is 2. The lowest BCUT2D eigenvalue weighted by atomic mass is 9.98. The molecule has 0 unspecified atom stereocenters. The highest BCUT2D eigenvalue weighted by Crippen LogP contribution is 2.40. The zero-order valence-electron chi connectivity index (χ0n) is 10.0. The van der Waals surface area contributed by atoms with Crippen LogP contribution in [0.25, 0.3) is 0 Å². The van der Waals surface area contributed by atoms with Gasteiger partial charge in [0.25, 0.3) is 0 Å². The minimum absolute atomic E-state index is 0.0981. The Labute approximate surface area is 107 Å². The van der Waals surface area contributed by atoms with Gasteiger partial charge < -0.3 is 14.9 Å². The van der Waals surface area contributed by atoms with E-state index in [1.807, 2.05) is 0 Å². The maximum Gasteiger partial charge on any atom is 0.351 e. The molecule has 4 atom stereocenters. The van der Waals surface area contributed by atoms with Crippen molar-refractivity contribution in [3.8, 4) is 0 Å². The molecule has 2 rings (SSSR count). The van der Waals surface area contributed by atoms with Crippen LogP contribution in [0.3, 0.4) is 0 Å². The van der Waals surface area contributed by atoms with Crippen molar-refractivity contribution in [2.45, 2.75) is 31.0 Å². The van der Waals surface area contributed by atoms with Crippen molar-refractivity contribution in [1.29, 1.82) is 0 Å². The predicted octanol–water partition coefficient (Wildman–Crippen LogP) is -0.977. The number of hydrogen-bond donors (Lipinski definition) is 4. The Morgan fingerprint density at radius 2 is 2.37 bits per heavy atom. The van der Waals surface area contributed by atoms with E-state index in [1.165, 1.54) is 12.3 Å². The summed E-state index contributed by atoms with van der Waals surface area (Å²) in [5.74, 6) is -0.0981. The van der Waals surface area contributed by atoms with Crippen LogP contribution in [0.15, 0.2) is 17.1 Å². The van der Waals surface area contributed by atoms with Crippen LogP contribution >= 0.6 is 0 Å². The van der Waals surface area contributed by atoms with Gasteiger partial charge in [-0.25, -0.2) is 9.18 Å². The summed E-state index contributed by atoms with van der Waals surface area (Å²) in [6, 6.07) is 1.24. The van der Waals surface area contributed by atoms with Gasteiger partial charge in [-0.15, -0.1) is 0 Å². The molecule has 1 saturated heterocycles. The molecular formula is C10H14FN3O5. The van der Waals surface area contributed by atoms with Gasteiger partial charge in [0.2, 0.25) is 0 Å². The Kier molecular flexibility index (Phi) is 3.54. The van der Waals surface area contributed by atoms with Crippen molar-refractivity contribution in [1.82, 2.24) is 9.55 Å². The van der Waals surface area contributed by atoms with Gasteiger partial charge in [0.05, 0.1) is 6.61 Å². The maximum atomic E-state index is 14.4. The van der Waals surface area contributed by atoms with Gasteiger partial charge in [0, 0.05) is 6.20 Å². The van der Waals surface area contributed by atoms with E-state index in [-0.39, 0.29) is 5.82 Å². The molecule has 19 heavy (non-hydrogen) atoms. The highest BCUT2D eigenvalue weighted by Gasteiger charge is 2.55. The highest BCUT2D eigenvalue weighted by molar-refractivity contribution is 5.28. The lowest BCUT2D eigenvalue weighted by molar-refractivity contribution is -0.0610. The monoisotopic (exact) mass is 275 g/mol. The van der Waals surface area contributed by atoms with Crippen molar-refractivity contribution in [3.05, 3.63) is 22.7 Å². The summed E-state index contributed by atoms with van der Waals surface area (Å²) < 4.78 is 20.4. The largest absolute Gasteiger partial charge is 0.394 e. The summed E-state index contributed by atoms with van der Waals surface area (Å²) in [5, 5.41) is 27.3. The van der Waals surface area contributed by atoms with Crippen LogP contribution in [-0.2, 0) is 4.74 Å². The molecule has 106 valence electrons. The van der Waals surface area contributed by atoms with Crippen LogP contribution in [0.5, 0.6) is 0 Å². The lowest BCUT2D eigenvalue weighted by Crippen LogP contribution is -2.42. The second-order valence-electron chi connectivity index (χ2n) is 4.42. The van der Waals surface area contributed by atoms with E-state index in [4.69, 9.17) is 15.1 Å². The number of aliphatic hydroxyl groups excluding tert-OH is 2. The quantitative estimate of drug-likeness (QED) is 0.524. The molecule has 1 aliphatic heterocycles. The zero-order valence-corrected chi connectivity index (χ0v) is 10.0. The van der Waals surface area contributed by atoms with Gasteiger partial charge in [-0.2, -0.15) is 4.98 Å². The number of hydrogen-bond acceptors (Lipinski definition) is 7. The SMILES string of the molecule is C[C@]1(F)[C@H](O)[C@@H](CO)O[C@H]1n1ccc(NO)nc1=O. The first-order valence-electron chi connectivity index (χ1n) is 5.54. The zero-order chi connectivity index (χ0) is 14.2. The third-order valence-corrected chi connectivity index (χ3v) is 3.09. The van der Waals surface area contributed by atoms with Crippen LogP contribution in [0, 0.1) is 0 Å². The van der Waals surface area contributed by atoms with Gasteiger partial charge in [0.15, 0.2) is 17.7 Å². The standard InChI is InChI=1S/C10H14FN3O5/c1-10(11)7(16)5(4-15)19-8(10)14-3-2-6(13-18)12-9(14)17/h2-3,5,7-8,15-16,18H,4H2,1H3,(H,12,13,17)/t5-,7-,8-,10+/m1/s1. The number of anilines is 1. The van der Waals surface area contributed by atoms with Crippen LogP contribution in [0.1, 0.15) is 13.2 Å². The molecular weight excluding hydrogens is 261 g/mol. The smallest absolute Gasteiger partial charge is 0.351 e. The van der Waals surface area contributed by atoms with Crippen LogP contribution in [-0.4, -0.2) is 49.5 Å². The van der Waals surface area contributed by atoms with Crippen molar-refractivity contribution in [2.24, 2.45) is 0 Å². The molecule has 0 aliphatic carbocycles. The predicted molar refractivity (Wildman–Crippen MR) is 60.4 cm³/mol. The minimum Gasteiger partial charge on any atom is -0.394 e. The Hall–Kier alpha value is -1.55. The fraction of sp³-hybridized carbons (Fsp3) is 0.600. The maximum absolute atomic E-state index is 14.4. The first kappa shape index (κ1) is 13.9. The fourth-order valence-electron chi connectivity index (χ4n) is 2.02. The molecule has 0 aromatic carbocycles. The van der Waals surface area contributed by atoms with E-state index in [0.29, 0.717) is 0 Å². The Morgan fingerprint density at radius 3 is 2.84 bits per heavy atom. The average molecular weight is 275 g/mol. The molecule has 0 saturated carbocycles. The van der Waals surface area contributed by atoms with E-state index in [1.54, 1.807) is 5.48 Å². The van der Waals surface area contributed by atoms with Crippen LogP contribution < -0.4 is 11.2 Å². The number of rotatable bonds is 3. The summed E-state index contributed by atoms with van der Waals surface area (Å²) in [4.78, 5) is 15.1. The van der Waals surface area contributed by atoms with E-state index < -0.39 is 36.4 Å². The summed E-state index contributed by atoms with van der Waals surface area (Å²) in [7, 11) is 0. The average Bonchev–Trinajstić information content (AvgIpc) is 2.61. The number of ether oxygens (including phenoxy) is 1. The third-order valence-electron chi connectivity index (χ3n) is 3.09. The molecule has 1 aromatic rings. The van der Waals surface area contributed by atoms with E-state index in [2.05, 4.69) is 4.98 Å². The van der Waals surface area contributed by atoms with Gasteiger partial charge in [-0.05, 0) is 13.0 Å². The number of nitrogens with zero attached hydrogens (tertiary/aromatic N) is 2. The van der Waals surface area contributed by atoms with E-state index in [0.717, 1.165) is 11.5 Å². The van der Waals surface area contributed by atoms with Crippen molar-refractivity contribution in [2.75, 3.05) is 12.1 Å². The second-order valence-corrected chi connectivity index (χ2v) is 4.42. The molecule has 1 aliphatic rings. The number of alkyl halides is 1. The lowest BCUT2D eigenvalue weighted by Gasteiger charge is -2.24. The first-order chi connectivity index (χ1) is 8.91. The summed E-state index contributed by atoms with van der Waals surface area (Å²) >= 11 is 0. The third kappa shape index (κ3) is 2.21. The molecule has 1 fully saturated rings. The van der Waals surface area contributed by atoms with Crippen LogP contribution in [0.2, 0.25) is 0 Å². The number of aromatic nitrogens is 2. The van der Waals surface area contributed by atoms with Gasteiger partial charge in [0.1, 0.15) is 12.2 Å². The Morgan fingerprint density at radius 1 is 1.68 bits per heavy atom. The molecule has 2 heterocycles. The van der Waals surface area contributed by atoms with Gasteiger partial charge >= 0.3 is 5.69 Å². The molecule has 8 nitrogen and oxygen atoms in total. The van der Waals surface area contributed by atoms with Crippen molar-refractivity contribution in [3.63, 3.8) is 0 Å². The van der Waals surface area contributed by atoms with Crippen molar-refractivity contribution >= 4 is 5.82 Å². The normalized spacial score (nSPS) is 34.5. The molecule has 0 amide bonds. The Balaban J connectivity index is 2.39. The molecule has 0 spiro atoms. The van der Waals surface area contributed by atoms with Crippen molar-refractivity contribution < 1.29 is 24.5 Å². The topological polar surface area (TPSA) is 117 Å². The summed E-state index contributed by atoms with van der Waals surface area (Å²) in [5.41, 5.74) is -1.43. The molecule has 9 heteroatoms. The number of halogens is 1. The van der Waals surface area contributed by atoms with E-state index in [9.17, 15) is 14.3 Å². The fourth-order valence-corrected chi connectivity index (χ4v) is 2.02. The summed E-state index contributed by atoms with van der Waals surface area (Å²) in [6.45, 7) is 0.498. The van der Waals surface area contributed by atoms with Gasteiger partial charge in [-0.1, -0.05) is 0 Å². The first-order valence-corrected chi connectivity index (χ1v) is 5.54. The summed E-state index contributed by atoms with van der Waals surface area (Å²) in [6.07, 6.45) is -2.93. The van der Waals surface area contributed by atoms with E-state index >= 15 is 0 Å². The second kappa shape index (κ2) is 4.85. The minimum atomic E-state index is -2.26. The number of nitrogens with one attached hydrogen (secondary N) is 1. The van der Waals surface area contributed by atoms with Crippen LogP contribution in [0.4, 0.5) is 10.2 Å².